The molecule has 2 N–H and O–H groups in total. The average molecular weight is 332 g/mol. The summed E-state index contributed by atoms with van der Waals surface area (Å²) in [5.74, 6) is -0.190. The maximum atomic E-state index is 12.5. The Morgan fingerprint density at radius 3 is 2.27 bits per heavy atom. The van der Waals surface area contributed by atoms with E-state index >= 15 is 0 Å². The first-order valence-electron chi connectivity index (χ1n) is 6.47. The van der Waals surface area contributed by atoms with Crippen LogP contribution in [0, 0.1) is 0 Å². The second-order valence-corrected chi connectivity index (χ2v) is 5.45. The SMILES string of the molecule is NC1=NN(c2ccccc2)C(=O)C1=Cc1c(Cl)cccc1Cl. The predicted molar refractivity (Wildman–Crippen MR) is 90.0 cm³/mol. The zero-order chi connectivity index (χ0) is 15.7. The minimum atomic E-state index is -0.320. The zero-order valence-corrected chi connectivity index (χ0v) is 12.8. The number of para-hydroxylation sites is 1. The third kappa shape index (κ3) is 2.58. The molecule has 6 heteroatoms. The lowest BCUT2D eigenvalue weighted by Crippen LogP contribution is -2.22. The van der Waals surface area contributed by atoms with E-state index in [1.54, 1.807) is 36.4 Å². The monoisotopic (exact) mass is 331 g/mol. The molecule has 4 nitrogen and oxygen atoms in total. The summed E-state index contributed by atoms with van der Waals surface area (Å²) < 4.78 is 0. The molecular weight excluding hydrogens is 321 g/mol. The highest BCUT2D eigenvalue weighted by Gasteiger charge is 2.29. The topological polar surface area (TPSA) is 58.7 Å². The highest BCUT2D eigenvalue weighted by Crippen LogP contribution is 2.29. The van der Waals surface area contributed by atoms with Crippen molar-refractivity contribution in [1.82, 2.24) is 0 Å². The van der Waals surface area contributed by atoms with E-state index in [2.05, 4.69) is 5.10 Å². The van der Waals surface area contributed by atoms with Gasteiger partial charge >= 0.3 is 0 Å². The van der Waals surface area contributed by atoms with Crippen molar-refractivity contribution in [3.8, 4) is 0 Å². The number of anilines is 1. The molecule has 0 fully saturated rings. The Hall–Kier alpha value is -2.30. The van der Waals surface area contributed by atoms with Crippen molar-refractivity contribution in [1.29, 1.82) is 0 Å². The summed E-state index contributed by atoms with van der Waals surface area (Å²) in [4.78, 5) is 12.5. The molecule has 1 aliphatic rings. The Morgan fingerprint density at radius 2 is 1.64 bits per heavy atom. The van der Waals surface area contributed by atoms with Crippen LogP contribution in [0.5, 0.6) is 0 Å². The summed E-state index contributed by atoms with van der Waals surface area (Å²) in [6.07, 6.45) is 1.56. The maximum absolute atomic E-state index is 12.5. The lowest BCUT2D eigenvalue weighted by molar-refractivity contribution is -0.114. The number of carbonyl (C=O) groups is 1. The van der Waals surface area contributed by atoms with Crippen molar-refractivity contribution in [2.75, 3.05) is 5.01 Å². The quantitative estimate of drug-likeness (QED) is 0.853. The van der Waals surface area contributed by atoms with Gasteiger partial charge in [-0.2, -0.15) is 5.01 Å². The van der Waals surface area contributed by atoms with Gasteiger partial charge in [0.25, 0.3) is 5.91 Å². The van der Waals surface area contributed by atoms with E-state index in [0.29, 0.717) is 21.3 Å². The molecule has 0 radical (unpaired) electrons. The van der Waals surface area contributed by atoms with Crippen molar-refractivity contribution in [3.63, 3.8) is 0 Å². The lowest BCUT2D eigenvalue weighted by atomic mass is 10.1. The molecule has 3 rings (SSSR count). The number of nitrogens with two attached hydrogens (primary N) is 1. The van der Waals surface area contributed by atoms with Crippen LogP contribution in [0.25, 0.3) is 6.08 Å². The summed E-state index contributed by atoms with van der Waals surface area (Å²) >= 11 is 12.2. The second-order valence-electron chi connectivity index (χ2n) is 4.63. The van der Waals surface area contributed by atoms with Gasteiger partial charge in [0.2, 0.25) is 0 Å². The molecule has 0 spiro atoms. The van der Waals surface area contributed by atoms with Crippen LogP contribution in [0.1, 0.15) is 5.56 Å². The van der Waals surface area contributed by atoms with Gasteiger partial charge in [0.1, 0.15) is 0 Å². The van der Waals surface area contributed by atoms with Crippen LogP contribution in [0.2, 0.25) is 10.0 Å². The normalized spacial score (nSPS) is 16.3. The Labute approximate surface area is 137 Å². The fourth-order valence-corrected chi connectivity index (χ4v) is 2.61. The average Bonchev–Trinajstić information content (AvgIpc) is 2.79. The first-order valence-corrected chi connectivity index (χ1v) is 7.23. The van der Waals surface area contributed by atoms with E-state index in [1.807, 2.05) is 18.2 Å². The van der Waals surface area contributed by atoms with E-state index in [0.717, 1.165) is 0 Å². The molecule has 2 aromatic rings. The van der Waals surface area contributed by atoms with Gasteiger partial charge in [-0.1, -0.05) is 47.5 Å². The maximum Gasteiger partial charge on any atom is 0.282 e. The first kappa shape index (κ1) is 14.6. The number of rotatable bonds is 2. The Kier molecular flexibility index (Phi) is 3.88. The van der Waals surface area contributed by atoms with Gasteiger partial charge in [-0.15, -0.1) is 5.10 Å². The molecule has 0 saturated heterocycles. The highest BCUT2D eigenvalue weighted by atomic mass is 35.5. The van der Waals surface area contributed by atoms with Crippen LogP contribution >= 0.6 is 23.2 Å². The third-order valence-corrected chi connectivity index (χ3v) is 3.85. The van der Waals surface area contributed by atoms with Gasteiger partial charge in [-0.05, 0) is 30.3 Å². The van der Waals surface area contributed by atoms with E-state index in [-0.39, 0.29) is 17.3 Å². The number of hydrogen-bond donors (Lipinski definition) is 1. The molecule has 0 bridgehead atoms. The van der Waals surface area contributed by atoms with E-state index in [4.69, 9.17) is 28.9 Å². The van der Waals surface area contributed by atoms with Gasteiger partial charge in [-0.3, -0.25) is 4.79 Å². The van der Waals surface area contributed by atoms with Gasteiger partial charge < -0.3 is 5.73 Å². The smallest absolute Gasteiger partial charge is 0.282 e. The number of amides is 1. The number of hydrazone groups is 1. The summed E-state index contributed by atoms with van der Waals surface area (Å²) in [7, 11) is 0. The van der Waals surface area contributed by atoms with Gasteiger partial charge in [0.15, 0.2) is 5.84 Å². The first-order chi connectivity index (χ1) is 10.6. The molecule has 1 heterocycles. The number of carbonyl (C=O) groups excluding carboxylic acids is 1. The molecule has 0 atom stereocenters. The van der Waals surface area contributed by atoms with Gasteiger partial charge in [0.05, 0.1) is 11.3 Å². The predicted octanol–water partition coefficient (Wildman–Crippen LogP) is 3.70. The lowest BCUT2D eigenvalue weighted by Gasteiger charge is -2.10. The summed E-state index contributed by atoms with van der Waals surface area (Å²) in [5.41, 5.74) is 7.33. The van der Waals surface area contributed by atoms with Crippen molar-refractivity contribution in [3.05, 3.63) is 69.7 Å². The summed E-state index contributed by atoms with van der Waals surface area (Å²) in [5, 5.41) is 6.24. The highest BCUT2D eigenvalue weighted by molar-refractivity contribution is 6.38. The van der Waals surface area contributed by atoms with E-state index in [9.17, 15) is 4.79 Å². The minimum Gasteiger partial charge on any atom is -0.382 e. The molecule has 0 aliphatic carbocycles. The van der Waals surface area contributed by atoms with Crippen molar-refractivity contribution in [2.24, 2.45) is 10.8 Å². The molecule has 0 aromatic heterocycles. The van der Waals surface area contributed by atoms with Gasteiger partial charge in [0, 0.05) is 15.6 Å². The summed E-state index contributed by atoms with van der Waals surface area (Å²) in [6.45, 7) is 0. The number of nitrogens with zero attached hydrogens (tertiary/aromatic N) is 2. The molecule has 2 aromatic carbocycles. The van der Waals surface area contributed by atoms with E-state index < -0.39 is 0 Å². The molecule has 0 saturated carbocycles. The van der Waals surface area contributed by atoms with Crippen molar-refractivity contribution in [2.45, 2.75) is 0 Å². The molecule has 1 amide bonds. The molecule has 22 heavy (non-hydrogen) atoms. The largest absolute Gasteiger partial charge is 0.382 e. The molecule has 1 aliphatic heterocycles. The molecular formula is C16H11Cl2N3O. The fraction of sp³-hybridized carbons (Fsp3) is 0. The van der Waals surface area contributed by atoms with E-state index in [1.165, 1.54) is 5.01 Å². The fourth-order valence-electron chi connectivity index (χ4n) is 2.10. The Morgan fingerprint density at radius 1 is 1.00 bits per heavy atom. The van der Waals surface area contributed by atoms with Crippen LogP contribution in [-0.2, 0) is 4.79 Å². The number of hydrogen-bond acceptors (Lipinski definition) is 3. The Bertz CT molecular complexity index is 780. The van der Waals surface area contributed by atoms with Crippen LogP contribution in [0.3, 0.4) is 0 Å². The zero-order valence-electron chi connectivity index (χ0n) is 11.3. The second kappa shape index (κ2) is 5.83. The summed E-state index contributed by atoms with van der Waals surface area (Å²) in [6, 6.07) is 14.2. The standard InChI is InChI=1S/C16H11Cl2N3O/c17-13-7-4-8-14(18)11(13)9-12-15(19)20-21(16(12)22)10-5-2-1-3-6-10/h1-9H,(H2,19,20). The number of halogens is 2. The van der Waals surface area contributed by atoms with Gasteiger partial charge in [-0.25, -0.2) is 0 Å². The van der Waals surface area contributed by atoms with Crippen molar-refractivity contribution >= 4 is 46.7 Å². The number of benzene rings is 2. The Balaban J connectivity index is 2.02. The minimum absolute atomic E-state index is 0.129. The molecule has 0 unspecified atom stereocenters. The molecule has 110 valence electrons. The third-order valence-electron chi connectivity index (χ3n) is 3.20. The van der Waals surface area contributed by atoms with Crippen LogP contribution in [-0.4, -0.2) is 11.7 Å². The number of amidine groups is 1. The van der Waals surface area contributed by atoms with Crippen LogP contribution in [0.4, 0.5) is 5.69 Å². The van der Waals surface area contributed by atoms with Crippen molar-refractivity contribution < 1.29 is 4.79 Å². The van der Waals surface area contributed by atoms with Crippen LogP contribution < -0.4 is 10.7 Å². The van der Waals surface area contributed by atoms with Crippen LogP contribution in [0.15, 0.2) is 59.2 Å².